The van der Waals surface area contributed by atoms with Crippen molar-refractivity contribution >= 4 is 6.29 Å². The summed E-state index contributed by atoms with van der Waals surface area (Å²) in [5.74, 6) is 0.976. The van der Waals surface area contributed by atoms with Gasteiger partial charge >= 0.3 is 0 Å². The molecule has 3 nitrogen and oxygen atoms in total. The monoisotopic (exact) mass is 205 g/mol. The molecule has 1 saturated carbocycles. The van der Waals surface area contributed by atoms with Crippen LogP contribution in [0.2, 0.25) is 0 Å². The molecule has 1 aromatic heterocycles. The molecular formula is C12H15NO2. The van der Waals surface area contributed by atoms with Crippen molar-refractivity contribution in [3.05, 3.63) is 23.5 Å². The van der Waals surface area contributed by atoms with Gasteiger partial charge in [0, 0.05) is 5.56 Å². The Morgan fingerprint density at radius 2 is 2.27 bits per heavy atom. The number of nitrogens with zero attached hydrogens (tertiary/aromatic N) is 1. The van der Waals surface area contributed by atoms with Crippen LogP contribution in [0.1, 0.15) is 48.7 Å². The Morgan fingerprint density at radius 3 is 2.80 bits per heavy atom. The molecule has 0 N–H and O–H groups in total. The molecule has 15 heavy (non-hydrogen) atoms. The third-order valence-corrected chi connectivity index (χ3v) is 2.43. The summed E-state index contributed by atoms with van der Waals surface area (Å²) in [4.78, 5) is 15.2. The van der Waals surface area contributed by atoms with Crippen LogP contribution in [-0.4, -0.2) is 17.4 Å². The predicted molar refractivity (Wildman–Crippen MR) is 57.4 cm³/mol. The highest BCUT2D eigenvalue weighted by molar-refractivity contribution is 5.77. The smallest absolute Gasteiger partial charge is 0.152 e. The normalized spacial score (nSPS) is 15.4. The predicted octanol–water partition coefficient (Wildman–Crippen LogP) is 2.56. The average Bonchev–Trinajstić information content (AvgIpc) is 3.01. The zero-order valence-corrected chi connectivity index (χ0v) is 9.06. The van der Waals surface area contributed by atoms with E-state index >= 15 is 0 Å². The molecule has 1 heterocycles. The topological polar surface area (TPSA) is 39.2 Å². The summed E-state index contributed by atoms with van der Waals surface area (Å²) in [7, 11) is 0. The molecule has 0 aromatic carbocycles. The third kappa shape index (κ3) is 2.35. The van der Waals surface area contributed by atoms with E-state index in [1.165, 1.54) is 0 Å². The molecule has 0 spiro atoms. The van der Waals surface area contributed by atoms with E-state index in [1.54, 1.807) is 12.3 Å². The SMILES string of the molecule is CC(C)c1ncc(OC2CC2)cc1C=O. The van der Waals surface area contributed by atoms with Gasteiger partial charge in [-0.15, -0.1) is 0 Å². The highest BCUT2D eigenvalue weighted by atomic mass is 16.5. The number of rotatable bonds is 4. The van der Waals surface area contributed by atoms with Gasteiger partial charge in [-0.2, -0.15) is 0 Å². The molecule has 0 bridgehead atoms. The summed E-state index contributed by atoms with van der Waals surface area (Å²) in [5, 5.41) is 0. The van der Waals surface area contributed by atoms with Crippen LogP contribution in [-0.2, 0) is 0 Å². The second-order valence-corrected chi connectivity index (χ2v) is 4.24. The molecular weight excluding hydrogens is 190 g/mol. The lowest BCUT2D eigenvalue weighted by Gasteiger charge is -2.10. The number of carbonyl (C=O) groups excluding carboxylic acids is 1. The Kier molecular flexibility index (Phi) is 2.71. The fourth-order valence-electron chi connectivity index (χ4n) is 1.49. The van der Waals surface area contributed by atoms with Crippen molar-refractivity contribution in [2.75, 3.05) is 0 Å². The Labute approximate surface area is 89.5 Å². The van der Waals surface area contributed by atoms with E-state index in [0.717, 1.165) is 24.8 Å². The van der Waals surface area contributed by atoms with Crippen LogP contribution < -0.4 is 4.74 Å². The maximum absolute atomic E-state index is 10.9. The number of aromatic nitrogens is 1. The first-order valence-corrected chi connectivity index (χ1v) is 5.32. The molecule has 0 aliphatic heterocycles. The highest BCUT2D eigenvalue weighted by Gasteiger charge is 2.24. The lowest BCUT2D eigenvalue weighted by molar-refractivity contribution is 0.112. The quantitative estimate of drug-likeness (QED) is 0.709. The van der Waals surface area contributed by atoms with Gasteiger partial charge in [0.2, 0.25) is 0 Å². The molecule has 3 heteroatoms. The zero-order chi connectivity index (χ0) is 10.8. The first-order chi connectivity index (χ1) is 7.20. The van der Waals surface area contributed by atoms with Crippen molar-refractivity contribution in [1.82, 2.24) is 4.98 Å². The fraction of sp³-hybridized carbons (Fsp3) is 0.500. The Balaban J connectivity index is 2.24. The number of hydrogen-bond acceptors (Lipinski definition) is 3. The van der Waals surface area contributed by atoms with E-state index in [4.69, 9.17) is 4.74 Å². The van der Waals surface area contributed by atoms with Gasteiger partial charge in [-0.25, -0.2) is 0 Å². The molecule has 0 radical (unpaired) electrons. The van der Waals surface area contributed by atoms with Gasteiger partial charge in [0.25, 0.3) is 0 Å². The van der Waals surface area contributed by atoms with Gasteiger partial charge in [-0.1, -0.05) is 13.8 Å². The molecule has 1 fully saturated rings. The summed E-state index contributed by atoms with van der Waals surface area (Å²) < 4.78 is 5.58. The first kappa shape index (κ1) is 10.1. The van der Waals surface area contributed by atoms with E-state index in [0.29, 0.717) is 17.4 Å². The summed E-state index contributed by atoms with van der Waals surface area (Å²) in [6.07, 6.45) is 5.13. The fourth-order valence-corrected chi connectivity index (χ4v) is 1.49. The number of pyridine rings is 1. The summed E-state index contributed by atoms with van der Waals surface area (Å²) in [5.41, 5.74) is 1.48. The van der Waals surface area contributed by atoms with Gasteiger partial charge in [0.15, 0.2) is 6.29 Å². The van der Waals surface area contributed by atoms with Crippen LogP contribution in [0.3, 0.4) is 0 Å². The van der Waals surface area contributed by atoms with Crippen molar-refractivity contribution in [2.24, 2.45) is 0 Å². The largest absolute Gasteiger partial charge is 0.489 e. The van der Waals surface area contributed by atoms with Crippen LogP contribution in [0, 0.1) is 0 Å². The Morgan fingerprint density at radius 1 is 1.53 bits per heavy atom. The van der Waals surface area contributed by atoms with E-state index < -0.39 is 0 Å². The molecule has 0 saturated heterocycles. The molecule has 1 aliphatic rings. The van der Waals surface area contributed by atoms with Crippen LogP contribution in [0.15, 0.2) is 12.3 Å². The minimum Gasteiger partial charge on any atom is -0.489 e. The third-order valence-electron chi connectivity index (χ3n) is 2.43. The molecule has 0 amide bonds. The van der Waals surface area contributed by atoms with Crippen molar-refractivity contribution in [3.63, 3.8) is 0 Å². The van der Waals surface area contributed by atoms with E-state index in [1.807, 2.05) is 13.8 Å². The zero-order valence-electron chi connectivity index (χ0n) is 9.06. The summed E-state index contributed by atoms with van der Waals surface area (Å²) in [6, 6.07) is 1.79. The Hall–Kier alpha value is -1.38. The van der Waals surface area contributed by atoms with Crippen molar-refractivity contribution in [3.8, 4) is 5.75 Å². The maximum atomic E-state index is 10.9. The number of hydrogen-bond donors (Lipinski definition) is 0. The standard InChI is InChI=1S/C12H15NO2/c1-8(2)12-9(7-14)5-11(6-13-12)15-10-3-4-10/h5-8,10H,3-4H2,1-2H3. The van der Waals surface area contributed by atoms with Gasteiger partial charge in [-0.3, -0.25) is 9.78 Å². The molecule has 0 atom stereocenters. The van der Waals surface area contributed by atoms with Gasteiger partial charge in [-0.05, 0) is 24.8 Å². The van der Waals surface area contributed by atoms with Crippen LogP contribution >= 0.6 is 0 Å². The van der Waals surface area contributed by atoms with Gasteiger partial charge < -0.3 is 4.74 Å². The minimum absolute atomic E-state index is 0.264. The second kappa shape index (κ2) is 4.01. The Bertz CT molecular complexity index is 370. The van der Waals surface area contributed by atoms with E-state index in [-0.39, 0.29) is 5.92 Å². The van der Waals surface area contributed by atoms with Crippen LogP contribution in [0.4, 0.5) is 0 Å². The maximum Gasteiger partial charge on any atom is 0.152 e. The van der Waals surface area contributed by atoms with E-state index in [2.05, 4.69) is 4.98 Å². The van der Waals surface area contributed by atoms with Crippen LogP contribution in [0.25, 0.3) is 0 Å². The summed E-state index contributed by atoms with van der Waals surface area (Å²) in [6.45, 7) is 4.05. The lowest BCUT2D eigenvalue weighted by atomic mass is 10.0. The molecule has 1 aliphatic carbocycles. The lowest BCUT2D eigenvalue weighted by Crippen LogP contribution is -2.02. The van der Waals surface area contributed by atoms with Gasteiger partial charge in [0.05, 0.1) is 18.0 Å². The first-order valence-electron chi connectivity index (χ1n) is 5.32. The average molecular weight is 205 g/mol. The summed E-state index contributed by atoms with van der Waals surface area (Å²) >= 11 is 0. The molecule has 2 rings (SSSR count). The number of carbonyl (C=O) groups is 1. The molecule has 1 aromatic rings. The van der Waals surface area contributed by atoms with Crippen LogP contribution in [0.5, 0.6) is 5.75 Å². The van der Waals surface area contributed by atoms with Gasteiger partial charge in [0.1, 0.15) is 5.75 Å². The number of aldehydes is 1. The number of ether oxygens (including phenoxy) is 1. The van der Waals surface area contributed by atoms with E-state index in [9.17, 15) is 4.79 Å². The van der Waals surface area contributed by atoms with Crippen molar-refractivity contribution < 1.29 is 9.53 Å². The molecule has 0 unspecified atom stereocenters. The minimum atomic E-state index is 0.264. The van der Waals surface area contributed by atoms with Crippen molar-refractivity contribution in [2.45, 2.75) is 38.7 Å². The highest BCUT2D eigenvalue weighted by Crippen LogP contribution is 2.28. The second-order valence-electron chi connectivity index (χ2n) is 4.24. The molecule has 80 valence electrons. The van der Waals surface area contributed by atoms with Crippen molar-refractivity contribution in [1.29, 1.82) is 0 Å².